The fraction of sp³-hybridized carbons (Fsp3) is 0.667. The number of sulfonamides is 1. The van der Waals surface area contributed by atoms with Crippen molar-refractivity contribution in [3.8, 4) is 0 Å². The first-order valence-electron chi connectivity index (χ1n) is 8.37. The first-order chi connectivity index (χ1) is 11.9. The lowest BCUT2D eigenvalue weighted by Gasteiger charge is -2.21. The number of H-pyrrole nitrogens is 1. The van der Waals surface area contributed by atoms with Gasteiger partial charge in [0.25, 0.3) is 0 Å². The molecule has 4 rings (SSSR count). The van der Waals surface area contributed by atoms with E-state index in [-0.39, 0.29) is 17.5 Å². The van der Waals surface area contributed by atoms with Gasteiger partial charge in [-0.3, -0.25) is 9.78 Å². The van der Waals surface area contributed by atoms with E-state index in [0.717, 1.165) is 18.7 Å². The zero-order valence-electron chi connectivity index (χ0n) is 14.5. The van der Waals surface area contributed by atoms with Gasteiger partial charge in [0.2, 0.25) is 10.0 Å². The summed E-state index contributed by atoms with van der Waals surface area (Å²) in [6.45, 7) is 2.04. The summed E-state index contributed by atoms with van der Waals surface area (Å²) in [5.74, 6) is 1.78. The van der Waals surface area contributed by atoms with Crippen molar-refractivity contribution in [1.82, 2.24) is 29.3 Å². The molecule has 136 valence electrons. The molecule has 1 saturated heterocycles. The molecular weight excluding hydrogens is 344 g/mol. The van der Waals surface area contributed by atoms with Gasteiger partial charge in [-0.2, -0.15) is 14.5 Å². The zero-order valence-corrected chi connectivity index (χ0v) is 15.3. The summed E-state index contributed by atoms with van der Waals surface area (Å²) in [5.41, 5.74) is 0.607. The highest BCUT2D eigenvalue weighted by Gasteiger charge is 2.44. The molecule has 1 aliphatic heterocycles. The Labute approximate surface area is 146 Å². The van der Waals surface area contributed by atoms with E-state index in [4.69, 9.17) is 4.74 Å². The van der Waals surface area contributed by atoms with Crippen molar-refractivity contribution in [1.29, 1.82) is 0 Å². The Hall–Kier alpha value is -1.78. The summed E-state index contributed by atoms with van der Waals surface area (Å²) in [4.78, 5) is 4.78. The SMILES string of the molecule is CO[C@@H]1C[C@@H](c2nc(C3CC3)n[nH]2)N(S(=O)(=O)c2cnn(C)c2C)C1. The number of ether oxygens (including phenoxy) is 1. The van der Waals surface area contributed by atoms with Gasteiger partial charge in [0.15, 0.2) is 5.82 Å². The van der Waals surface area contributed by atoms with Gasteiger partial charge in [-0.1, -0.05) is 0 Å². The van der Waals surface area contributed by atoms with Crippen LogP contribution in [0.4, 0.5) is 0 Å². The molecule has 0 unspecified atom stereocenters. The van der Waals surface area contributed by atoms with E-state index in [1.54, 1.807) is 25.8 Å². The molecule has 1 saturated carbocycles. The third-order valence-corrected chi connectivity index (χ3v) is 7.08. The molecule has 3 heterocycles. The molecule has 10 heteroatoms. The maximum Gasteiger partial charge on any atom is 0.247 e. The van der Waals surface area contributed by atoms with Crippen LogP contribution in [-0.4, -0.2) is 57.4 Å². The fourth-order valence-corrected chi connectivity index (χ4v) is 5.09. The molecule has 2 fully saturated rings. The van der Waals surface area contributed by atoms with Crippen molar-refractivity contribution in [2.24, 2.45) is 7.05 Å². The third kappa shape index (κ3) is 2.77. The fourth-order valence-electron chi connectivity index (χ4n) is 3.27. The number of aromatic amines is 1. The number of nitrogens with one attached hydrogen (secondary N) is 1. The molecule has 2 aromatic rings. The first-order valence-corrected chi connectivity index (χ1v) is 9.81. The Bertz CT molecular complexity index is 885. The van der Waals surface area contributed by atoms with Crippen molar-refractivity contribution in [2.75, 3.05) is 13.7 Å². The molecule has 1 aliphatic carbocycles. The van der Waals surface area contributed by atoms with Gasteiger partial charge >= 0.3 is 0 Å². The summed E-state index contributed by atoms with van der Waals surface area (Å²) >= 11 is 0. The number of hydrogen-bond donors (Lipinski definition) is 1. The minimum atomic E-state index is -3.70. The van der Waals surface area contributed by atoms with Crippen molar-refractivity contribution < 1.29 is 13.2 Å². The van der Waals surface area contributed by atoms with Crippen LogP contribution in [0, 0.1) is 6.92 Å². The summed E-state index contributed by atoms with van der Waals surface area (Å²) in [7, 11) is -0.373. The molecule has 1 N–H and O–H groups in total. The van der Waals surface area contributed by atoms with Crippen molar-refractivity contribution in [2.45, 2.75) is 49.1 Å². The van der Waals surface area contributed by atoms with E-state index in [0.29, 0.717) is 23.9 Å². The summed E-state index contributed by atoms with van der Waals surface area (Å²) in [5, 5.41) is 11.3. The average molecular weight is 366 g/mol. The summed E-state index contributed by atoms with van der Waals surface area (Å²) in [6.07, 6.45) is 3.97. The lowest BCUT2D eigenvalue weighted by molar-refractivity contribution is 0.114. The van der Waals surface area contributed by atoms with Gasteiger partial charge < -0.3 is 4.74 Å². The molecule has 0 spiro atoms. The Kier molecular flexibility index (Phi) is 3.93. The van der Waals surface area contributed by atoms with Crippen LogP contribution >= 0.6 is 0 Å². The smallest absolute Gasteiger partial charge is 0.247 e. The van der Waals surface area contributed by atoms with E-state index >= 15 is 0 Å². The summed E-state index contributed by atoms with van der Waals surface area (Å²) < 4.78 is 34.9. The number of methoxy groups -OCH3 is 1. The molecule has 2 aromatic heterocycles. The predicted molar refractivity (Wildman–Crippen MR) is 88.3 cm³/mol. The monoisotopic (exact) mass is 366 g/mol. The lowest BCUT2D eigenvalue weighted by Crippen LogP contribution is -2.32. The van der Waals surface area contributed by atoms with Crippen LogP contribution < -0.4 is 0 Å². The minimum absolute atomic E-state index is 0.175. The molecular formula is C15H22N6O3S. The second-order valence-electron chi connectivity index (χ2n) is 6.75. The van der Waals surface area contributed by atoms with Crippen LogP contribution in [0.25, 0.3) is 0 Å². The second-order valence-corrected chi connectivity index (χ2v) is 8.61. The standard InChI is InChI=1S/C15H22N6O3S/c1-9-13(7-16-20(9)2)25(22,23)21-8-11(24-3)6-12(21)15-17-14(18-19-15)10-4-5-10/h7,10-12H,4-6,8H2,1-3H3,(H,17,18,19)/t11-,12+/m1/s1. The van der Waals surface area contributed by atoms with Crippen LogP contribution in [-0.2, 0) is 21.8 Å². The number of nitrogens with zero attached hydrogens (tertiary/aromatic N) is 5. The van der Waals surface area contributed by atoms with Crippen LogP contribution in [0.3, 0.4) is 0 Å². The largest absolute Gasteiger partial charge is 0.380 e. The van der Waals surface area contributed by atoms with E-state index in [9.17, 15) is 8.42 Å². The van der Waals surface area contributed by atoms with Gasteiger partial charge in [-0.25, -0.2) is 13.4 Å². The Morgan fingerprint density at radius 1 is 1.36 bits per heavy atom. The van der Waals surface area contributed by atoms with Gasteiger partial charge in [-0.05, 0) is 26.2 Å². The van der Waals surface area contributed by atoms with Crippen LogP contribution in [0.15, 0.2) is 11.1 Å². The summed E-state index contributed by atoms with van der Waals surface area (Å²) in [6, 6.07) is -0.408. The highest BCUT2D eigenvalue weighted by molar-refractivity contribution is 7.89. The Balaban J connectivity index is 1.70. The van der Waals surface area contributed by atoms with Crippen molar-refractivity contribution >= 4 is 10.0 Å². The van der Waals surface area contributed by atoms with E-state index in [1.165, 1.54) is 10.5 Å². The Morgan fingerprint density at radius 2 is 2.12 bits per heavy atom. The first kappa shape index (κ1) is 16.7. The van der Waals surface area contributed by atoms with Crippen molar-refractivity contribution in [3.63, 3.8) is 0 Å². The van der Waals surface area contributed by atoms with Crippen molar-refractivity contribution in [3.05, 3.63) is 23.5 Å². The van der Waals surface area contributed by atoms with Crippen LogP contribution in [0.1, 0.15) is 48.6 Å². The second kappa shape index (κ2) is 5.89. The molecule has 0 aromatic carbocycles. The van der Waals surface area contributed by atoms with E-state index < -0.39 is 16.1 Å². The van der Waals surface area contributed by atoms with Gasteiger partial charge in [0.05, 0.1) is 24.0 Å². The van der Waals surface area contributed by atoms with Gasteiger partial charge in [0.1, 0.15) is 10.7 Å². The molecule has 0 bridgehead atoms. The normalized spacial score (nSPS) is 24.9. The van der Waals surface area contributed by atoms with Gasteiger partial charge in [0, 0.05) is 26.6 Å². The van der Waals surface area contributed by atoms with Crippen LogP contribution in [0.5, 0.6) is 0 Å². The third-order valence-electron chi connectivity index (χ3n) is 5.11. The number of aromatic nitrogens is 5. The highest BCUT2D eigenvalue weighted by Crippen LogP contribution is 2.40. The maximum absolute atomic E-state index is 13.2. The maximum atomic E-state index is 13.2. The average Bonchev–Trinajstić information content (AvgIpc) is 3.02. The number of hydrogen-bond acceptors (Lipinski definition) is 6. The predicted octanol–water partition coefficient (Wildman–Crippen LogP) is 0.875. The van der Waals surface area contributed by atoms with E-state index in [1.807, 2.05) is 0 Å². The number of aryl methyl sites for hydroxylation is 1. The molecule has 2 aliphatic rings. The molecule has 0 radical (unpaired) electrons. The highest BCUT2D eigenvalue weighted by atomic mass is 32.2. The number of rotatable bonds is 5. The quantitative estimate of drug-likeness (QED) is 0.842. The van der Waals surface area contributed by atoms with Crippen LogP contribution in [0.2, 0.25) is 0 Å². The molecule has 0 amide bonds. The minimum Gasteiger partial charge on any atom is -0.380 e. The topological polar surface area (TPSA) is 106 Å². The zero-order chi connectivity index (χ0) is 17.8. The lowest BCUT2D eigenvalue weighted by atomic mass is 10.2. The molecule has 2 atom stereocenters. The molecule has 25 heavy (non-hydrogen) atoms. The molecule has 9 nitrogen and oxygen atoms in total. The Morgan fingerprint density at radius 3 is 2.72 bits per heavy atom. The van der Waals surface area contributed by atoms with Gasteiger partial charge in [-0.15, -0.1) is 0 Å². The van der Waals surface area contributed by atoms with E-state index in [2.05, 4.69) is 20.3 Å².